The lowest BCUT2D eigenvalue weighted by Crippen LogP contribution is -2.52. The molecule has 1 amide bonds. The summed E-state index contributed by atoms with van der Waals surface area (Å²) in [5.41, 5.74) is -0.936. The lowest BCUT2D eigenvalue weighted by Gasteiger charge is -2.42. The van der Waals surface area contributed by atoms with Crippen LogP contribution in [0, 0.1) is 0 Å². The van der Waals surface area contributed by atoms with Crippen molar-refractivity contribution in [1.29, 1.82) is 0 Å². The Morgan fingerprint density at radius 3 is 2.58 bits per heavy atom. The normalized spacial score (nSPS) is 33.5. The van der Waals surface area contributed by atoms with E-state index in [-0.39, 0.29) is 18.2 Å². The van der Waals surface area contributed by atoms with Gasteiger partial charge in [0.15, 0.2) is 0 Å². The Bertz CT molecular complexity index is 485. The third kappa shape index (κ3) is 1.82. The maximum absolute atomic E-state index is 11.8. The van der Waals surface area contributed by atoms with Gasteiger partial charge in [-0.15, -0.1) is 0 Å². The zero-order valence-corrected chi connectivity index (χ0v) is 11.2. The molecule has 6 heteroatoms. The van der Waals surface area contributed by atoms with Gasteiger partial charge >= 0.3 is 6.09 Å². The molecule has 2 saturated heterocycles. The number of aliphatic hydroxyl groups is 1. The number of nitrogens with zero attached hydrogens (tertiary/aromatic N) is 3. The number of amides is 1. The SMILES string of the molecule is COC(=O)N1C2CCC1CC(O)(c1nccn1C)C2. The van der Waals surface area contributed by atoms with E-state index >= 15 is 0 Å². The Morgan fingerprint density at radius 1 is 1.47 bits per heavy atom. The van der Waals surface area contributed by atoms with E-state index in [2.05, 4.69) is 4.98 Å². The molecule has 3 rings (SSSR count). The maximum atomic E-state index is 11.8. The van der Waals surface area contributed by atoms with Gasteiger partial charge in [0.1, 0.15) is 11.4 Å². The molecule has 1 aromatic rings. The van der Waals surface area contributed by atoms with Gasteiger partial charge in [-0.05, 0) is 12.8 Å². The number of hydrogen-bond acceptors (Lipinski definition) is 4. The summed E-state index contributed by atoms with van der Waals surface area (Å²) in [5.74, 6) is 0.689. The van der Waals surface area contributed by atoms with E-state index in [1.54, 1.807) is 11.1 Å². The first kappa shape index (κ1) is 12.5. The molecule has 19 heavy (non-hydrogen) atoms. The molecule has 2 unspecified atom stereocenters. The van der Waals surface area contributed by atoms with Crippen molar-refractivity contribution in [3.8, 4) is 0 Å². The fourth-order valence-corrected chi connectivity index (χ4v) is 3.62. The highest BCUT2D eigenvalue weighted by molar-refractivity contribution is 5.69. The Hall–Kier alpha value is -1.56. The van der Waals surface area contributed by atoms with Crippen LogP contribution in [0.3, 0.4) is 0 Å². The predicted octanol–water partition coefficient (Wildman–Crippen LogP) is 1.00. The van der Waals surface area contributed by atoms with E-state index in [0.717, 1.165) is 12.8 Å². The molecule has 0 aromatic carbocycles. The smallest absolute Gasteiger partial charge is 0.409 e. The first-order valence-corrected chi connectivity index (χ1v) is 6.61. The standard InChI is InChI=1S/C13H19N3O3/c1-15-6-5-14-11(15)13(18)7-9-3-4-10(8-13)16(9)12(17)19-2/h5-6,9-10,18H,3-4,7-8H2,1-2H3. The molecule has 2 fully saturated rings. The number of ether oxygens (including phenoxy) is 1. The minimum absolute atomic E-state index is 0.0490. The van der Waals surface area contributed by atoms with Gasteiger partial charge < -0.3 is 19.3 Å². The molecule has 2 aliphatic rings. The highest BCUT2D eigenvalue weighted by atomic mass is 16.5. The summed E-state index contributed by atoms with van der Waals surface area (Å²) in [4.78, 5) is 17.9. The molecule has 0 radical (unpaired) electrons. The molecule has 0 spiro atoms. The quantitative estimate of drug-likeness (QED) is 0.822. The monoisotopic (exact) mass is 265 g/mol. The zero-order chi connectivity index (χ0) is 13.6. The van der Waals surface area contributed by atoms with Gasteiger partial charge in [0.05, 0.1) is 7.11 Å². The number of aryl methyl sites for hydroxylation is 1. The van der Waals surface area contributed by atoms with Crippen LogP contribution in [-0.4, -0.2) is 44.8 Å². The molecule has 1 aromatic heterocycles. The second-order valence-electron chi connectivity index (χ2n) is 5.56. The summed E-state index contributed by atoms with van der Waals surface area (Å²) in [5, 5.41) is 10.9. The molecular formula is C13H19N3O3. The number of methoxy groups -OCH3 is 1. The van der Waals surface area contributed by atoms with E-state index < -0.39 is 5.60 Å². The van der Waals surface area contributed by atoms with Crippen LogP contribution in [0.1, 0.15) is 31.5 Å². The molecule has 1 N–H and O–H groups in total. The number of imidazole rings is 1. The molecular weight excluding hydrogens is 246 g/mol. The molecule has 6 nitrogen and oxygen atoms in total. The molecule has 0 saturated carbocycles. The number of fused-ring (bicyclic) bond motifs is 2. The Balaban J connectivity index is 1.88. The molecule has 3 heterocycles. The lowest BCUT2D eigenvalue weighted by atomic mass is 9.85. The van der Waals surface area contributed by atoms with Gasteiger partial charge in [-0.1, -0.05) is 0 Å². The average molecular weight is 265 g/mol. The number of aromatic nitrogens is 2. The second kappa shape index (κ2) is 4.23. The lowest BCUT2D eigenvalue weighted by molar-refractivity contribution is -0.0586. The number of rotatable bonds is 1. The van der Waals surface area contributed by atoms with Gasteiger partial charge in [0.25, 0.3) is 0 Å². The van der Waals surface area contributed by atoms with Crippen LogP contribution in [-0.2, 0) is 17.4 Å². The van der Waals surface area contributed by atoms with Gasteiger partial charge in [-0.2, -0.15) is 0 Å². The first-order valence-electron chi connectivity index (χ1n) is 6.61. The minimum Gasteiger partial charge on any atom is -0.453 e. The number of hydrogen-bond donors (Lipinski definition) is 1. The predicted molar refractivity (Wildman–Crippen MR) is 67.4 cm³/mol. The van der Waals surface area contributed by atoms with E-state index in [1.165, 1.54) is 7.11 Å². The molecule has 2 bridgehead atoms. The highest BCUT2D eigenvalue weighted by Gasteiger charge is 2.51. The number of carbonyl (C=O) groups is 1. The summed E-state index contributed by atoms with van der Waals surface area (Å²) in [6.07, 6.45) is 6.16. The van der Waals surface area contributed by atoms with Gasteiger partial charge in [0, 0.05) is 44.4 Å². The van der Waals surface area contributed by atoms with Crippen molar-refractivity contribution in [2.24, 2.45) is 7.05 Å². The fourth-order valence-electron chi connectivity index (χ4n) is 3.62. The first-order chi connectivity index (χ1) is 9.05. The summed E-state index contributed by atoms with van der Waals surface area (Å²) >= 11 is 0. The van der Waals surface area contributed by atoms with E-state index in [0.29, 0.717) is 18.7 Å². The third-order valence-electron chi connectivity index (χ3n) is 4.39. The third-order valence-corrected chi connectivity index (χ3v) is 4.39. The summed E-state index contributed by atoms with van der Waals surface area (Å²) in [6.45, 7) is 0. The van der Waals surface area contributed by atoms with Gasteiger partial charge in [0.2, 0.25) is 0 Å². The summed E-state index contributed by atoms with van der Waals surface area (Å²) < 4.78 is 6.69. The van der Waals surface area contributed by atoms with E-state index in [4.69, 9.17) is 4.74 Å². The number of piperidine rings is 1. The summed E-state index contributed by atoms with van der Waals surface area (Å²) in [6, 6.07) is 0.0980. The minimum atomic E-state index is -0.936. The fraction of sp³-hybridized carbons (Fsp3) is 0.692. The van der Waals surface area contributed by atoms with Crippen molar-refractivity contribution >= 4 is 6.09 Å². The molecule has 0 aliphatic carbocycles. The van der Waals surface area contributed by atoms with Crippen molar-refractivity contribution < 1.29 is 14.6 Å². The van der Waals surface area contributed by atoms with Crippen LogP contribution in [0.25, 0.3) is 0 Å². The average Bonchev–Trinajstić information content (AvgIpc) is 2.92. The Kier molecular flexibility index (Phi) is 2.78. The number of carbonyl (C=O) groups excluding carboxylic acids is 1. The highest BCUT2D eigenvalue weighted by Crippen LogP contribution is 2.45. The van der Waals surface area contributed by atoms with Crippen LogP contribution in [0.4, 0.5) is 4.79 Å². The Morgan fingerprint density at radius 2 is 2.11 bits per heavy atom. The van der Waals surface area contributed by atoms with Crippen LogP contribution >= 0.6 is 0 Å². The van der Waals surface area contributed by atoms with Crippen molar-refractivity contribution in [3.05, 3.63) is 18.2 Å². The van der Waals surface area contributed by atoms with E-state index in [1.807, 2.05) is 17.8 Å². The van der Waals surface area contributed by atoms with Crippen LogP contribution < -0.4 is 0 Å². The molecule has 2 atom stereocenters. The molecule has 2 aliphatic heterocycles. The van der Waals surface area contributed by atoms with Crippen molar-refractivity contribution in [3.63, 3.8) is 0 Å². The van der Waals surface area contributed by atoms with Crippen LogP contribution in [0.2, 0.25) is 0 Å². The summed E-state index contributed by atoms with van der Waals surface area (Å²) in [7, 11) is 3.29. The van der Waals surface area contributed by atoms with Crippen LogP contribution in [0.5, 0.6) is 0 Å². The largest absolute Gasteiger partial charge is 0.453 e. The second-order valence-corrected chi connectivity index (χ2v) is 5.56. The van der Waals surface area contributed by atoms with Gasteiger partial charge in [-0.3, -0.25) is 0 Å². The van der Waals surface area contributed by atoms with E-state index in [9.17, 15) is 9.90 Å². The topological polar surface area (TPSA) is 67.6 Å². The van der Waals surface area contributed by atoms with Gasteiger partial charge in [-0.25, -0.2) is 9.78 Å². The van der Waals surface area contributed by atoms with Crippen molar-refractivity contribution in [2.75, 3.05) is 7.11 Å². The molecule has 104 valence electrons. The van der Waals surface area contributed by atoms with Crippen molar-refractivity contribution in [2.45, 2.75) is 43.4 Å². The zero-order valence-electron chi connectivity index (χ0n) is 11.2. The van der Waals surface area contributed by atoms with Crippen molar-refractivity contribution in [1.82, 2.24) is 14.5 Å². The van der Waals surface area contributed by atoms with Crippen LogP contribution in [0.15, 0.2) is 12.4 Å². The maximum Gasteiger partial charge on any atom is 0.409 e. The Labute approximate surface area is 112 Å².